The number of aliphatic hydroxyl groups excluding tert-OH is 1. The van der Waals surface area contributed by atoms with Crippen molar-refractivity contribution in [2.75, 3.05) is 39.8 Å². The van der Waals surface area contributed by atoms with E-state index in [4.69, 9.17) is 0 Å². The Morgan fingerprint density at radius 2 is 2.16 bits per heavy atom. The van der Waals surface area contributed by atoms with Crippen LogP contribution in [-0.4, -0.2) is 71.7 Å². The van der Waals surface area contributed by atoms with Crippen molar-refractivity contribution in [1.82, 2.24) is 20.1 Å². The first-order valence-electron chi connectivity index (χ1n) is 8.97. The zero-order chi connectivity index (χ0) is 17.4. The van der Waals surface area contributed by atoms with E-state index in [1.54, 1.807) is 12.4 Å². The molecule has 1 aromatic heterocycles. The second kappa shape index (κ2) is 11.6. The van der Waals surface area contributed by atoms with E-state index in [-0.39, 0.29) is 24.0 Å². The summed E-state index contributed by atoms with van der Waals surface area (Å²) in [5.41, 5.74) is 0.847. The minimum atomic E-state index is -0.603. The Kier molecular flexibility index (Phi) is 10.3. The highest BCUT2D eigenvalue weighted by Gasteiger charge is 2.25. The second-order valence-electron chi connectivity index (χ2n) is 6.30. The van der Waals surface area contributed by atoms with Crippen molar-refractivity contribution in [3.05, 3.63) is 30.1 Å². The zero-order valence-electron chi connectivity index (χ0n) is 15.6. The molecule has 2 heterocycles. The molecule has 142 valence electrons. The lowest BCUT2D eigenvalue weighted by atomic mass is 10.1. The van der Waals surface area contributed by atoms with Gasteiger partial charge in [0.1, 0.15) is 0 Å². The fourth-order valence-corrected chi connectivity index (χ4v) is 3.25. The van der Waals surface area contributed by atoms with Crippen molar-refractivity contribution in [2.24, 2.45) is 4.99 Å². The van der Waals surface area contributed by atoms with Crippen LogP contribution in [0.2, 0.25) is 0 Å². The van der Waals surface area contributed by atoms with Gasteiger partial charge in [-0.3, -0.25) is 14.9 Å². The molecule has 2 atom stereocenters. The molecule has 1 aliphatic heterocycles. The van der Waals surface area contributed by atoms with Gasteiger partial charge in [-0.2, -0.15) is 0 Å². The van der Waals surface area contributed by atoms with Crippen LogP contribution < -0.4 is 5.32 Å². The summed E-state index contributed by atoms with van der Waals surface area (Å²) in [6.45, 7) is 8.72. The van der Waals surface area contributed by atoms with Crippen molar-refractivity contribution in [3.8, 4) is 0 Å². The van der Waals surface area contributed by atoms with Gasteiger partial charge in [0, 0.05) is 38.6 Å². The first kappa shape index (κ1) is 22.1. The molecule has 2 rings (SSSR count). The van der Waals surface area contributed by atoms with E-state index >= 15 is 0 Å². The predicted octanol–water partition coefficient (Wildman–Crippen LogP) is 2.11. The van der Waals surface area contributed by atoms with Crippen LogP contribution in [0.25, 0.3) is 0 Å². The van der Waals surface area contributed by atoms with E-state index in [1.807, 2.05) is 12.1 Å². The van der Waals surface area contributed by atoms with Gasteiger partial charge >= 0.3 is 0 Å². The van der Waals surface area contributed by atoms with Gasteiger partial charge in [0.25, 0.3) is 0 Å². The van der Waals surface area contributed by atoms with Crippen LogP contribution in [0.4, 0.5) is 0 Å². The molecule has 0 radical (unpaired) electrons. The van der Waals surface area contributed by atoms with Gasteiger partial charge in [0.2, 0.25) is 0 Å². The molecule has 1 aliphatic rings. The summed E-state index contributed by atoms with van der Waals surface area (Å²) in [5, 5.41) is 13.6. The van der Waals surface area contributed by atoms with Gasteiger partial charge in [0.05, 0.1) is 12.6 Å². The third-order valence-electron chi connectivity index (χ3n) is 4.59. The quantitative estimate of drug-likeness (QED) is 0.370. The number of aliphatic hydroxyl groups is 1. The van der Waals surface area contributed by atoms with Crippen molar-refractivity contribution >= 4 is 29.9 Å². The van der Waals surface area contributed by atoms with Crippen LogP contribution in [0, 0.1) is 0 Å². The van der Waals surface area contributed by atoms with E-state index in [1.165, 1.54) is 19.4 Å². The number of nitrogens with one attached hydrogen (secondary N) is 1. The van der Waals surface area contributed by atoms with Gasteiger partial charge in [-0.15, -0.1) is 24.0 Å². The van der Waals surface area contributed by atoms with E-state index in [2.05, 4.69) is 46.0 Å². The maximum absolute atomic E-state index is 10.3. The molecule has 7 heteroatoms. The Morgan fingerprint density at radius 1 is 1.44 bits per heavy atom. The molecule has 0 amide bonds. The number of guanidine groups is 1. The van der Waals surface area contributed by atoms with Crippen molar-refractivity contribution < 1.29 is 5.11 Å². The van der Waals surface area contributed by atoms with Gasteiger partial charge in [-0.05, 0) is 50.6 Å². The van der Waals surface area contributed by atoms with E-state index in [9.17, 15) is 5.11 Å². The molecule has 0 aromatic carbocycles. The third kappa shape index (κ3) is 6.71. The average molecular weight is 461 g/mol. The van der Waals surface area contributed by atoms with E-state index in [0.717, 1.165) is 31.2 Å². The summed E-state index contributed by atoms with van der Waals surface area (Å²) >= 11 is 0. The number of hydrogen-bond acceptors (Lipinski definition) is 4. The summed E-state index contributed by atoms with van der Waals surface area (Å²) < 4.78 is 0. The van der Waals surface area contributed by atoms with Crippen molar-refractivity contribution in [3.63, 3.8) is 0 Å². The summed E-state index contributed by atoms with van der Waals surface area (Å²) in [6.07, 6.45) is 5.31. The largest absolute Gasteiger partial charge is 0.386 e. The molecule has 0 aliphatic carbocycles. The molecule has 6 nitrogen and oxygen atoms in total. The van der Waals surface area contributed by atoms with Crippen LogP contribution in [0.5, 0.6) is 0 Å². The maximum atomic E-state index is 10.3. The Labute approximate surface area is 168 Å². The maximum Gasteiger partial charge on any atom is 0.193 e. The van der Waals surface area contributed by atoms with Gasteiger partial charge in [0.15, 0.2) is 5.96 Å². The van der Waals surface area contributed by atoms with E-state index < -0.39 is 6.10 Å². The standard InChI is InChI=1S/C18H31N5O.HI/c1-4-20-18(21-13-17(24)15-8-10-19-11-9-15)22(3)14-16-7-6-12-23(16)5-2;/h8-11,16-17,24H,4-7,12-14H2,1-3H3,(H,20,21);1H. The Morgan fingerprint density at radius 3 is 2.80 bits per heavy atom. The first-order valence-corrected chi connectivity index (χ1v) is 8.97. The van der Waals surface area contributed by atoms with Crippen LogP contribution in [0.15, 0.2) is 29.5 Å². The molecule has 1 fully saturated rings. The Hall–Kier alpha value is -0.930. The zero-order valence-corrected chi connectivity index (χ0v) is 17.9. The van der Waals surface area contributed by atoms with E-state index in [0.29, 0.717) is 12.6 Å². The summed E-state index contributed by atoms with van der Waals surface area (Å²) in [6, 6.07) is 4.25. The third-order valence-corrected chi connectivity index (χ3v) is 4.59. The minimum absolute atomic E-state index is 0. The molecular formula is C18H32IN5O. The van der Waals surface area contributed by atoms with Crippen molar-refractivity contribution in [1.29, 1.82) is 0 Å². The Bertz CT molecular complexity index is 513. The molecule has 2 N–H and O–H groups in total. The number of pyridine rings is 1. The van der Waals surface area contributed by atoms with Crippen LogP contribution in [-0.2, 0) is 0 Å². The monoisotopic (exact) mass is 461 g/mol. The fourth-order valence-electron chi connectivity index (χ4n) is 3.25. The molecule has 2 unspecified atom stereocenters. The number of aromatic nitrogens is 1. The number of halogens is 1. The molecule has 0 spiro atoms. The summed E-state index contributed by atoms with van der Waals surface area (Å²) in [7, 11) is 2.08. The highest BCUT2D eigenvalue weighted by atomic mass is 127. The molecule has 1 aromatic rings. The molecule has 25 heavy (non-hydrogen) atoms. The fraction of sp³-hybridized carbons (Fsp3) is 0.667. The van der Waals surface area contributed by atoms with Crippen molar-refractivity contribution in [2.45, 2.75) is 38.8 Å². The first-order chi connectivity index (χ1) is 11.7. The molecule has 1 saturated heterocycles. The number of nitrogens with zero attached hydrogens (tertiary/aromatic N) is 4. The van der Waals surface area contributed by atoms with Gasteiger partial charge in [-0.1, -0.05) is 6.92 Å². The van der Waals surface area contributed by atoms with Crippen LogP contribution in [0.1, 0.15) is 38.4 Å². The number of aliphatic imine (C=N–C) groups is 1. The normalized spacial score (nSPS) is 19.4. The van der Waals surface area contributed by atoms with Crippen LogP contribution in [0.3, 0.4) is 0 Å². The topological polar surface area (TPSA) is 64.0 Å². The lowest BCUT2D eigenvalue weighted by Crippen LogP contribution is -2.46. The molecule has 0 saturated carbocycles. The summed E-state index contributed by atoms with van der Waals surface area (Å²) in [5.74, 6) is 0.855. The number of rotatable bonds is 7. The highest BCUT2D eigenvalue weighted by molar-refractivity contribution is 14.0. The number of likely N-dealkylation sites (N-methyl/N-ethyl adjacent to an activating group) is 2. The second-order valence-corrected chi connectivity index (χ2v) is 6.30. The lowest BCUT2D eigenvalue weighted by Gasteiger charge is -2.30. The van der Waals surface area contributed by atoms with Gasteiger partial charge in [-0.25, -0.2) is 0 Å². The average Bonchev–Trinajstić information content (AvgIpc) is 3.06. The smallest absolute Gasteiger partial charge is 0.193 e. The Balaban J connectivity index is 0.00000312. The minimum Gasteiger partial charge on any atom is -0.386 e. The highest BCUT2D eigenvalue weighted by Crippen LogP contribution is 2.17. The number of hydrogen-bond donors (Lipinski definition) is 2. The molecular weight excluding hydrogens is 429 g/mol. The number of likely N-dealkylation sites (tertiary alicyclic amines) is 1. The predicted molar refractivity (Wildman–Crippen MR) is 113 cm³/mol. The SMILES string of the molecule is CCNC(=NCC(O)c1ccncc1)N(C)CC1CCCN1CC.I. The van der Waals surface area contributed by atoms with Crippen LogP contribution >= 0.6 is 24.0 Å². The lowest BCUT2D eigenvalue weighted by molar-refractivity contribution is 0.186. The van der Waals surface area contributed by atoms with Gasteiger partial charge < -0.3 is 15.3 Å². The molecule has 0 bridgehead atoms. The summed E-state index contributed by atoms with van der Waals surface area (Å²) in [4.78, 5) is 13.3.